The van der Waals surface area contributed by atoms with Gasteiger partial charge in [-0.15, -0.1) is 11.3 Å². The lowest BCUT2D eigenvalue weighted by atomic mass is 10.2. The van der Waals surface area contributed by atoms with E-state index in [1.807, 2.05) is 42.5 Å². The lowest BCUT2D eigenvalue weighted by molar-refractivity contribution is 0.102. The molecule has 6 heteroatoms. The Kier molecular flexibility index (Phi) is 3.84. The number of carbonyl (C=O) groups is 1. The smallest absolute Gasteiger partial charge is 0.169 e. The molecular formula is C16H14N4OS. The number of carbonyl (C=O) groups excluding carboxylic acids is 1. The number of rotatable bonds is 4. The lowest BCUT2D eigenvalue weighted by Gasteiger charge is -2.06. The normalized spacial score (nSPS) is 10.4. The van der Waals surface area contributed by atoms with Crippen LogP contribution in [-0.4, -0.2) is 15.8 Å². The first-order chi connectivity index (χ1) is 10.6. The van der Waals surface area contributed by atoms with Gasteiger partial charge in [-0.3, -0.25) is 4.79 Å². The molecule has 0 spiro atoms. The van der Waals surface area contributed by atoms with Gasteiger partial charge in [0.05, 0.1) is 15.4 Å². The first-order valence-corrected chi connectivity index (χ1v) is 7.49. The molecule has 110 valence electrons. The quantitative estimate of drug-likeness (QED) is 0.567. The van der Waals surface area contributed by atoms with Crippen LogP contribution in [0.3, 0.4) is 0 Å². The number of benzene rings is 1. The molecule has 3 rings (SSSR count). The van der Waals surface area contributed by atoms with Crippen molar-refractivity contribution in [3.05, 3.63) is 53.7 Å². The van der Waals surface area contributed by atoms with E-state index < -0.39 is 0 Å². The van der Waals surface area contributed by atoms with Crippen LogP contribution in [0, 0.1) is 0 Å². The highest BCUT2D eigenvalue weighted by Crippen LogP contribution is 2.28. The number of aromatic nitrogens is 2. The van der Waals surface area contributed by atoms with Gasteiger partial charge in [0.1, 0.15) is 12.1 Å². The van der Waals surface area contributed by atoms with Gasteiger partial charge < -0.3 is 11.1 Å². The van der Waals surface area contributed by atoms with Crippen LogP contribution in [0.25, 0.3) is 10.6 Å². The van der Waals surface area contributed by atoms with Crippen molar-refractivity contribution in [2.75, 3.05) is 11.1 Å². The maximum Gasteiger partial charge on any atom is 0.169 e. The molecule has 0 radical (unpaired) electrons. The summed E-state index contributed by atoms with van der Waals surface area (Å²) in [6.45, 7) is 1.56. The Morgan fingerprint density at radius 3 is 2.59 bits per heavy atom. The van der Waals surface area contributed by atoms with Crippen molar-refractivity contribution in [2.45, 2.75) is 6.92 Å². The Balaban J connectivity index is 1.85. The maximum atomic E-state index is 11.4. The van der Waals surface area contributed by atoms with Crippen molar-refractivity contribution in [1.82, 2.24) is 9.97 Å². The fourth-order valence-electron chi connectivity index (χ4n) is 1.94. The van der Waals surface area contributed by atoms with Crippen LogP contribution in [-0.2, 0) is 0 Å². The third-order valence-electron chi connectivity index (χ3n) is 3.06. The predicted molar refractivity (Wildman–Crippen MR) is 89.5 cm³/mol. The number of nitrogens with two attached hydrogens (primary N) is 1. The monoisotopic (exact) mass is 310 g/mol. The van der Waals surface area contributed by atoms with Gasteiger partial charge in [-0.2, -0.15) is 0 Å². The van der Waals surface area contributed by atoms with Gasteiger partial charge in [0, 0.05) is 17.4 Å². The van der Waals surface area contributed by atoms with E-state index in [2.05, 4.69) is 15.3 Å². The number of hydrogen-bond acceptors (Lipinski definition) is 6. The highest BCUT2D eigenvalue weighted by molar-refractivity contribution is 7.17. The van der Waals surface area contributed by atoms with Gasteiger partial charge in [-0.05, 0) is 43.3 Å². The first kappa shape index (κ1) is 14.2. The Hall–Kier alpha value is -2.73. The lowest BCUT2D eigenvalue weighted by Crippen LogP contribution is -1.95. The van der Waals surface area contributed by atoms with Gasteiger partial charge in [0.15, 0.2) is 5.78 Å². The standard InChI is InChI=1S/C16H14N4OS/c1-10(21)14-6-7-15(22-14)13-8-16(19-9-18-13)20-12-4-2-11(17)3-5-12/h2-9H,17H2,1H3,(H,18,19,20). The summed E-state index contributed by atoms with van der Waals surface area (Å²) in [5.41, 5.74) is 8.06. The number of thiophene rings is 1. The summed E-state index contributed by atoms with van der Waals surface area (Å²) in [5, 5.41) is 3.20. The third kappa shape index (κ3) is 3.12. The van der Waals surface area contributed by atoms with Crippen molar-refractivity contribution in [3.8, 4) is 10.6 Å². The fraction of sp³-hybridized carbons (Fsp3) is 0.0625. The van der Waals surface area contributed by atoms with Gasteiger partial charge >= 0.3 is 0 Å². The third-order valence-corrected chi connectivity index (χ3v) is 4.26. The van der Waals surface area contributed by atoms with Crippen molar-refractivity contribution < 1.29 is 4.79 Å². The zero-order chi connectivity index (χ0) is 15.5. The Labute approximate surface area is 131 Å². The van der Waals surface area contributed by atoms with Crippen LogP contribution in [0.5, 0.6) is 0 Å². The molecule has 0 aliphatic carbocycles. The highest BCUT2D eigenvalue weighted by atomic mass is 32.1. The average molecular weight is 310 g/mol. The summed E-state index contributed by atoms with van der Waals surface area (Å²) >= 11 is 1.43. The number of anilines is 3. The van der Waals surface area contributed by atoms with Crippen LogP contribution >= 0.6 is 11.3 Å². The van der Waals surface area contributed by atoms with Crippen LogP contribution < -0.4 is 11.1 Å². The minimum Gasteiger partial charge on any atom is -0.399 e. The molecule has 0 amide bonds. The number of hydrogen-bond donors (Lipinski definition) is 2. The van der Waals surface area contributed by atoms with E-state index in [0.29, 0.717) is 11.5 Å². The summed E-state index contributed by atoms with van der Waals surface area (Å²) < 4.78 is 0. The molecule has 0 saturated carbocycles. The summed E-state index contributed by atoms with van der Waals surface area (Å²) in [5.74, 6) is 0.748. The molecule has 0 aliphatic heterocycles. The topological polar surface area (TPSA) is 80.9 Å². The SMILES string of the molecule is CC(=O)c1ccc(-c2cc(Nc3ccc(N)cc3)ncn2)s1. The van der Waals surface area contributed by atoms with E-state index in [0.717, 1.165) is 21.1 Å². The number of ketones is 1. The van der Waals surface area contributed by atoms with Gasteiger partial charge in [0.25, 0.3) is 0 Å². The van der Waals surface area contributed by atoms with Crippen LogP contribution in [0.2, 0.25) is 0 Å². The molecule has 2 aromatic heterocycles. The number of Topliss-reactive ketones (excluding diaryl/α,β-unsaturated/α-hetero) is 1. The van der Waals surface area contributed by atoms with Crippen molar-refractivity contribution >= 4 is 34.3 Å². The fourth-order valence-corrected chi connectivity index (χ4v) is 2.81. The number of nitrogen functional groups attached to an aromatic ring is 1. The highest BCUT2D eigenvalue weighted by Gasteiger charge is 2.08. The molecule has 2 heterocycles. The molecule has 0 bridgehead atoms. The van der Waals surface area contributed by atoms with Gasteiger partial charge in [0.2, 0.25) is 0 Å². The second-order valence-corrected chi connectivity index (χ2v) is 5.84. The number of nitrogens with one attached hydrogen (secondary N) is 1. The van der Waals surface area contributed by atoms with E-state index >= 15 is 0 Å². The molecule has 0 fully saturated rings. The molecule has 0 unspecified atom stereocenters. The van der Waals surface area contributed by atoms with Crippen LogP contribution in [0.15, 0.2) is 48.8 Å². The van der Waals surface area contributed by atoms with E-state index in [1.54, 1.807) is 6.92 Å². The molecule has 0 aliphatic rings. The Morgan fingerprint density at radius 2 is 1.91 bits per heavy atom. The minimum atomic E-state index is 0.0607. The molecule has 5 nitrogen and oxygen atoms in total. The van der Waals surface area contributed by atoms with Gasteiger partial charge in [-0.1, -0.05) is 0 Å². The largest absolute Gasteiger partial charge is 0.399 e. The van der Waals surface area contributed by atoms with E-state index in [9.17, 15) is 4.79 Å². The second kappa shape index (κ2) is 5.95. The van der Waals surface area contributed by atoms with Crippen molar-refractivity contribution in [3.63, 3.8) is 0 Å². The van der Waals surface area contributed by atoms with Crippen molar-refractivity contribution in [2.24, 2.45) is 0 Å². The molecule has 0 saturated heterocycles. The summed E-state index contributed by atoms with van der Waals surface area (Å²) in [4.78, 5) is 21.5. The second-order valence-electron chi connectivity index (χ2n) is 4.76. The predicted octanol–water partition coefficient (Wildman–Crippen LogP) is 3.73. The van der Waals surface area contributed by atoms with E-state index in [-0.39, 0.29) is 5.78 Å². The number of nitrogens with zero attached hydrogens (tertiary/aromatic N) is 2. The molecule has 0 atom stereocenters. The molecule has 22 heavy (non-hydrogen) atoms. The van der Waals surface area contributed by atoms with Crippen LogP contribution in [0.1, 0.15) is 16.6 Å². The summed E-state index contributed by atoms with van der Waals surface area (Å²) in [6, 6.07) is 13.0. The summed E-state index contributed by atoms with van der Waals surface area (Å²) in [7, 11) is 0. The molecule has 1 aromatic carbocycles. The zero-order valence-electron chi connectivity index (χ0n) is 11.9. The van der Waals surface area contributed by atoms with Crippen molar-refractivity contribution in [1.29, 1.82) is 0 Å². The van der Waals surface area contributed by atoms with E-state index in [1.165, 1.54) is 17.7 Å². The summed E-state index contributed by atoms with van der Waals surface area (Å²) in [6.07, 6.45) is 1.50. The Morgan fingerprint density at radius 1 is 1.14 bits per heavy atom. The minimum absolute atomic E-state index is 0.0607. The molecular weight excluding hydrogens is 296 g/mol. The molecule has 3 aromatic rings. The average Bonchev–Trinajstić information content (AvgIpc) is 3.00. The zero-order valence-corrected chi connectivity index (χ0v) is 12.7. The maximum absolute atomic E-state index is 11.4. The van der Waals surface area contributed by atoms with Crippen LogP contribution in [0.4, 0.5) is 17.2 Å². The molecule has 3 N–H and O–H groups in total. The van der Waals surface area contributed by atoms with E-state index in [4.69, 9.17) is 5.73 Å². The van der Waals surface area contributed by atoms with Gasteiger partial charge in [-0.25, -0.2) is 9.97 Å². The first-order valence-electron chi connectivity index (χ1n) is 6.67. The Bertz CT molecular complexity index is 811.